The first-order valence-corrected chi connectivity index (χ1v) is 7.89. The van der Waals surface area contributed by atoms with E-state index in [1.54, 1.807) is 36.5 Å². The number of hydrogen-bond donors (Lipinski definition) is 1. The molecule has 0 atom stereocenters. The third-order valence-corrected chi connectivity index (χ3v) is 3.69. The van der Waals surface area contributed by atoms with Crippen LogP contribution in [0.25, 0.3) is 0 Å². The maximum Gasteiger partial charge on any atom is 0.276 e. The van der Waals surface area contributed by atoms with Crippen LogP contribution in [0.5, 0.6) is 5.75 Å². The maximum absolute atomic E-state index is 13.5. The number of para-hydroxylation sites is 1. The number of carbonyl (C=O) groups is 1. The van der Waals surface area contributed by atoms with Crippen LogP contribution in [0.3, 0.4) is 0 Å². The number of nitrogens with zero attached hydrogens (tertiary/aromatic N) is 2. The fourth-order valence-corrected chi connectivity index (χ4v) is 2.24. The highest BCUT2D eigenvalue weighted by Crippen LogP contribution is 2.16. The van der Waals surface area contributed by atoms with Crippen LogP contribution in [-0.4, -0.2) is 15.7 Å². The molecule has 0 saturated carbocycles. The Hall–Kier alpha value is -2.67. The summed E-state index contributed by atoms with van der Waals surface area (Å²) in [5.41, 5.74) is 0.912. The number of ether oxygens (including phenoxy) is 1. The lowest BCUT2D eigenvalue weighted by Gasteiger charge is -2.06. The van der Waals surface area contributed by atoms with Gasteiger partial charge in [0.25, 0.3) is 5.91 Å². The Morgan fingerprint density at radius 3 is 2.67 bits per heavy atom. The molecule has 0 bridgehead atoms. The average molecular weight is 390 g/mol. The van der Waals surface area contributed by atoms with Gasteiger partial charge in [-0.3, -0.25) is 4.79 Å². The summed E-state index contributed by atoms with van der Waals surface area (Å²) in [7, 11) is 0. The monoisotopic (exact) mass is 389 g/mol. The summed E-state index contributed by atoms with van der Waals surface area (Å²) in [6.45, 7) is 0.00645. The van der Waals surface area contributed by atoms with Gasteiger partial charge in [0, 0.05) is 16.4 Å². The van der Waals surface area contributed by atoms with Gasteiger partial charge in [0.15, 0.2) is 24.0 Å². The number of halogens is 2. The molecular weight excluding hydrogens is 377 g/mol. The highest BCUT2D eigenvalue weighted by atomic mass is 79.9. The van der Waals surface area contributed by atoms with E-state index in [1.165, 1.54) is 16.8 Å². The van der Waals surface area contributed by atoms with E-state index >= 15 is 0 Å². The minimum atomic E-state index is -0.446. The Labute approximate surface area is 146 Å². The largest absolute Gasteiger partial charge is 0.468 e. The van der Waals surface area contributed by atoms with E-state index in [0.29, 0.717) is 5.69 Å². The molecule has 0 aliphatic heterocycles. The van der Waals surface area contributed by atoms with Gasteiger partial charge in [0.05, 0.1) is 0 Å². The lowest BCUT2D eigenvalue weighted by Crippen LogP contribution is -2.14. The predicted octanol–water partition coefficient (Wildman–Crippen LogP) is 4.07. The van der Waals surface area contributed by atoms with Gasteiger partial charge in [-0.25, -0.2) is 9.07 Å². The number of benzene rings is 2. The van der Waals surface area contributed by atoms with Gasteiger partial charge in [-0.2, -0.15) is 5.10 Å². The topological polar surface area (TPSA) is 56.2 Å². The second-order valence-corrected chi connectivity index (χ2v) is 5.82. The third-order valence-electron chi connectivity index (χ3n) is 3.16. The zero-order chi connectivity index (χ0) is 16.9. The van der Waals surface area contributed by atoms with E-state index in [4.69, 9.17) is 4.74 Å². The standard InChI is InChI=1S/C17H13BrFN3O2/c18-12-5-7-13(8-6-12)20-17(23)15-9-10-22(21-15)11-24-16-4-2-1-3-14(16)19/h1-10H,11H2,(H,20,23). The van der Waals surface area contributed by atoms with Crippen LogP contribution < -0.4 is 10.1 Å². The molecule has 24 heavy (non-hydrogen) atoms. The Morgan fingerprint density at radius 1 is 1.17 bits per heavy atom. The maximum atomic E-state index is 13.5. The van der Waals surface area contributed by atoms with Crippen LogP contribution >= 0.6 is 15.9 Å². The van der Waals surface area contributed by atoms with Crippen LogP contribution in [0.1, 0.15) is 10.5 Å². The average Bonchev–Trinajstić information content (AvgIpc) is 3.05. The fraction of sp³-hybridized carbons (Fsp3) is 0.0588. The van der Waals surface area contributed by atoms with E-state index in [-0.39, 0.29) is 24.1 Å². The van der Waals surface area contributed by atoms with Crippen molar-refractivity contribution in [2.45, 2.75) is 6.73 Å². The Kier molecular flexibility index (Phi) is 4.90. The molecule has 1 aromatic heterocycles. The molecule has 122 valence electrons. The van der Waals surface area contributed by atoms with Crippen molar-refractivity contribution in [1.82, 2.24) is 9.78 Å². The number of rotatable bonds is 5. The molecule has 0 saturated heterocycles. The van der Waals surface area contributed by atoms with Crippen LogP contribution in [-0.2, 0) is 6.73 Å². The second kappa shape index (κ2) is 7.27. The highest BCUT2D eigenvalue weighted by molar-refractivity contribution is 9.10. The molecule has 0 aliphatic carbocycles. The van der Waals surface area contributed by atoms with Crippen molar-refractivity contribution < 1.29 is 13.9 Å². The van der Waals surface area contributed by atoms with Crippen LogP contribution in [0.4, 0.5) is 10.1 Å². The first-order chi connectivity index (χ1) is 11.6. The lowest BCUT2D eigenvalue weighted by atomic mass is 10.3. The number of amides is 1. The minimum Gasteiger partial charge on any atom is -0.468 e. The van der Waals surface area contributed by atoms with Crippen LogP contribution in [0.2, 0.25) is 0 Å². The molecule has 3 aromatic rings. The molecule has 1 amide bonds. The molecule has 3 rings (SSSR count). The zero-order valence-electron chi connectivity index (χ0n) is 12.4. The van der Waals surface area contributed by atoms with Gasteiger partial charge in [-0.1, -0.05) is 28.1 Å². The third kappa shape index (κ3) is 3.99. The molecule has 1 heterocycles. The van der Waals surface area contributed by atoms with Gasteiger partial charge in [0.1, 0.15) is 0 Å². The van der Waals surface area contributed by atoms with E-state index in [2.05, 4.69) is 26.3 Å². The van der Waals surface area contributed by atoms with Crippen molar-refractivity contribution in [2.24, 2.45) is 0 Å². The first-order valence-electron chi connectivity index (χ1n) is 7.09. The number of carbonyl (C=O) groups excluding carboxylic acids is 1. The van der Waals surface area contributed by atoms with Gasteiger partial charge >= 0.3 is 0 Å². The number of nitrogens with one attached hydrogen (secondary N) is 1. The summed E-state index contributed by atoms with van der Waals surface area (Å²) in [4.78, 5) is 12.1. The van der Waals surface area contributed by atoms with E-state index in [9.17, 15) is 9.18 Å². The Morgan fingerprint density at radius 2 is 1.92 bits per heavy atom. The fourth-order valence-electron chi connectivity index (χ4n) is 1.98. The second-order valence-electron chi connectivity index (χ2n) is 4.91. The molecule has 7 heteroatoms. The summed E-state index contributed by atoms with van der Waals surface area (Å²) in [5.74, 6) is -0.645. The molecule has 0 aliphatic rings. The summed E-state index contributed by atoms with van der Waals surface area (Å²) in [6.07, 6.45) is 1.59. The van der Waals surface area contributed by atoms with Crippen molar-refractivity contribution in [2.75, 3.05) is 5.32 Å². The minimum absolute atomic E-state index is 0.00645. The molecule has 0 spiro atoms. The van der Waals surface area contributed by atoms with Crippen LogP contribution in [0.15, 0.2) is 65.3 Å². The van der Waals surface area contributed by atoms with Gasteiger partial charge < -0.3 is 10.1 Å². The molecule has 5 nitrogen and oxygen atoms in total. The zero-order valence-corrected chi connectivity index (χ0v) is 14.0. The SMILES string of the molecule is O=C(Nc1ccc(Br)cc1)c1ccn(COc2ccccc2F)n1. The number of hydrogen-bond acceptors (Lipinski definition) is 3. The molecular formula is C17H13BrFN3O2. The van der Waals surface area contributed by atoms with Gasteiger partial charge in [-0.05, 0) is 42.5 Å². The van der Waals surface area contributed by atoms with Gasteiger partial charge in [0.2, 0.25) is 0 Å². The number of aromatic nitrogens is 2. The van der Waals surface area contributed by atoms with E-state index in [1.807, 2.05) is 12.1 Å². The molecule has 1 N–H and O–H groups in total. The lowest BCUT2D eigenvalue weighted by molar-refractivity contribution is 0.102. The first kappa shape index (κ1) is 16.2. The molecule has 2 aromatic carbocycles. The van der Waals surface area contributed by atoms with Crippen molar-refractivity contribution >= 4 is 27.5 Å². The predicted molar refractivity (Wildman–Crippen MR) is 91.4 cm³/mol. The summed E-state index contributed by atoms with van der Waals surface area (Å²) in [6, 6.07) is 14.9. The normalized spacial score (nSPS) is 10.4. The molecule has 0 radical (unpaired) electrons. The van der Waals surface area contributed by atoms with Crippen molar-refractivity contribution in [3.63, 3.8) is 0 Å². The summed E-state index contributed by atoms with van der Waals surface area (Å²) >= 11 is 3.33. The van der Waals surface area contributed by atoms with Crippen molar-refractivity contribution in [3.8, 4) is 5.75 Å². The number of anilines is 1. The molecule has 0 unspecified atom stereocenters. The Balaban J connectivity index is 1.61. The smallest absolute Gasteiger partial charge is 0.276 e. The van der Waals surface area contributed by atoms with Crippen molar-refractivity contribution in [1.29, 1.82) is 0 Å². The highest BCUT2D eigenvalue weighted by Gasteiger charge is 2.10. The van der Waals surface area contributed by atoms with Gasteiger partial charge in [-0.15, -0.1) is 0 Å². The van der Waals surface area contributed by atoms with E-state index < -0.39 is 5.82 Å². The van der Waals surface area contributed by atoms with Crippen molar-refractivity contribution in [3.05, 3.63) is 76.8 Å². The van der Waals surface area contributed by atoms with Crippen LogP contribution in [0, 0.1) is 5.82 Å². The summed E-state index contributed by atoms with van der Waals surface area (Å²) in [5, 5.41) is 6.86. The molecule has 0 fully saturated rings. The van der Waals surface area contributed by atoms with E-state index in [0.717, 1.165) is 4.47 Å². The quantitative estimate of drug-likeness (QED) is 0.715. The summed E-state index contributed by atoms with van der Waals surface area (Å²) < 4.78 is 21.2. The Bertz CT molecular complexity index is 849.